The number of pyridine rings is 2. The molecule has 0 spiro atoms. The molecule has 2 rings (SSSR count). The van der Waals surface area contributed by atoms with E-state index in [1.807, 2.05) is 30.5 Å². The van der Waals surface area contributed by atoms with Gasteiger partial charge in [0.2, 0.25) is 5.88 Å². The van der Waals surface area contributed by atoms with E-state index in [4.69, 9.17) is 4.74 Å². The minimum absolute atomic E-state index is 0.617. The molecule has 0 atom stereocenters. The number of ether oxygens (including phenoxy) is 1. The van der Waals surface area contributed by atoms with Crippen molar-refractivity contribution in [2.45, 2.75) is 0 Å². The molecule has 14 heavy (non-hydrogen) atoms. The molecule has 0 bridgehead atoms. The number of aromatic nitrogens is 2. The van der Waals surface area contributed by atoms with Gasteiger partial charge in [0, 0.05) is 30.2 Å². The summed E-state index contributed by atoms with van der Waals surface area (Å²) >= 11 is 0. The van der Waals surface area contributed by atoms with Gasteiger partial charge in [-0.25, -0.2) is 4.98 Å². The highest BCUT2D eigenvalue weighted by Gasteiger charge is 1.98. The van der Waals surface area contributed by atoms with Crippen LogP contribution in [0.4, 0.5) is 0 Å². The molecule has 0 radical (unpaired) electrons. The third-order valence-corrected chi connectivity index (χ3v) is 1.94. The Kier molecular flexibility index (Phi) is 2.40. The van der Waals surface area contributed by atoms with Crippen LogP contribution in [0.15, 0.2) is 42.9 Å². The molecule has 0 unspecified atom stereocenters. The first kappa shape index (κ1) is 8.69. The van der Waals surface area contributed by atoms with Gasteiger partial charge in [0.05, 0.1) is 7.11 Å². The number of hydrogen-bond donors (Lipinski definition) is 0. The molecule has 70 valence electrons. The molecule has 3 heteroatoms. The molecule has 0 amide bonds. The minimum Gasteiger partial charge on any atom is -0.481 e. The molecular formula is C11H10N2O. The van der Waals surface area contributed by atoms with Gasteiger partial charge in [-0.05, 0) is 17.7 Å². The van der Waals surface area contributed by atoms with Crippen molar-refractivity contribution in [3.8, 4) is 17.0 Å². The van der Waals surface area contributed by atoms with Gasteiger partial charge >= 0.3 is 0 Å². The summed E-state index contributed by atoms with van der Waals surface area (Å²) in [4.78, 5) is 8.10. The zero-order chi connectivity index (χ0) is 9.80. The van der Waals surface area contributed by atoms with Crippen LogP contribution >= 0.6 is 0 Å². The van der Waals surface area contributed by atoms with Gasteiger partial charge in [-0.1, -0.05) is 6.07 Å². The Morgan fingerprint density at radius 2 is 2.07 bits per heavy atom. The Morgan fingerprint density at radius 1 is 1.14 bits per heavy atom. The average Bonchev–Trinajstić information content (AvgIpc) is 2.30. The van der Waals surface area contributed by atoms with Crippen LogP contribution in [0.1, 0.15) is 0 Å². The third-order valence-electron chi connectivity index (χ3n) is 1.94. The summed E-state index contributed by atoms with van der Waals surface area (Å²) in [5.41, 5.74) is 2.12. The molecule has 2 aromatic rings. The van der Waals surface area contributed by atoms with Gasteiger partial charge in [0.1, 0.15) is 0 Å². The van der Waals surface area contributed by atoms with Crippen molar-refractivity contribution in [3.63, 3.8) is 0 Å². The Morgan fingerprint density at radius 3 is 2.79 bits per heavy atom. The molecular weight excluding hydrogens is 176 g/mol. The van der Waals surface area contributed by atoms with Crippen LogP contribution < -0.4 is 4.74 Å². The van der Waals surface area contributed by atoms with E-state index in [0.29, 0.717) is 5.88 Å². The topological polar surface area (TPSA) is 35.0 Å². The van der Waals surface area contributed by atoms with Crippen LogP contribution in [0.3, 0.4) is 0 Å². The van der Waals surface area contributed by atoms with Crippen molar-refractivity contribution >= 4 is 0 Å². The van der Waals surface area contributed by atoms with Crippen LogP contribution in [-0.2, 0) is 0 Å². The maximum absolute atomic E-state index is 5.04. The smallest absolute Gasteiger partial charge is 0.213 e. The van der Waals surface area contributed by atoms with Gasteiger partial charge in [-0.15, -0.1) is 0 Å². The van der Waals surface area contributed by atoms with E-state index in [1.165, 1.54) is 0 Å². The predicted molar refractivity (Wildman–Crippen MR) is 54.0 cm³/mol. The second kappa shape index (κ2) is 3.87. The van der Waals surface area contributed by atoms with Crippen molar-refractivity contribution < 1.29 is 4.74 Å². The Balaban J connectivity index is 2.42. The van der Waals surface area contributed by atoms with E-state index >= 15 is 0 Å². The van der Waals surface area contributed by atoms with E-state index in [9.17, 15) is 0 Å². The van der Waals surface area contributed by atoms with Gasteiger partial charge in [0.15, 0.2) is 0 Å². The standard InChI is InChI=1S/C11H10N2O/c1-14-11-7-9(4-6-13-11)10-3-2-5-12-8-10/h2-8H,1H3. The number of hydrogen-bond acceptors (Lipinski definition) is 3. The lowest BCUT2D eigenvalue weighted by Gasteiger charge is -2.02. The monoisotopic (exact) mass is 186 g/mol. The maximum Gasteiger partial charge on any atom is 0.213 e. The molecule has 0 N–H and O–H groups in total. The molecule has 2 heterocycles. The molecule has 0 aliphatic carbocycles. The highest BCUT2D eigenvalue weighted by molar-refractivity contribution is 5.62. The van der Waals surface area contributed by atoms with Crippen LogP contribution in [0, 0.1) is 0 Å². The molecule has 0 saturated carbocycles. The summed E-state index contributed by atoms with van der Waals surface area (Å²) in [6, 6.07) is 7.72. The summed E-state index contributed by atoms with van der Waals surface area (Å²) in [5.74, 6) is 0.617. The average molecular weight is 186 g/mol. The summed E-state index contributed by atoms with van der Waals surface area (Å²) < 4.78 is 5.04. The second-order valence-corrected chi connectivity index (χ2v) is 2.83. The lowest BCUT2D eigenvalue weighted by Crippen LogP contribution is -1.87. The largest absolute Gasteiger partial charge is 0.481 e. The van der Waals surface area contributed by atoms with Gasteiger partial charge < -0.3 is 4.74 Å². The van der Waals surface area contributed by atoms with Crippen molar-refractivity contribution in [3.05, 3.63) is 42.9 Å². The number of methoxy groups -OCH3 is 1. The maximum atomic E-state index is 5.04. The van der Waals surface area contributed by atoms with E-state index in [-0.39, 0.29) is 0 Å². The zero-order valence-electron chi connectivity index (χ0n) is 7.84. The molecule has 3 nitrogen and oxygen atoms in total. The fourth-order valence-corrected chi connectivity index (χ4v) is 1.23. The normalized spacial score (nSPS) is 9.79. The van der Waals surface area contributed by atoms with Crippen molar-refractivity contribution in [2.75, 3.05) is 7.11 Å². The third kappa shape index (κ3) is 1.71. The van der Waals surface area contributed by atoms with E-state index in [0.717, 1.165) is 11.1 Å². The molecule has 2 aromatic heterocycles. The van der Waals surface area contributed by atoms with E-state index in [1.54, 1.807) is 19.5 Å². The SMILES string of the molecule is COc1cc(-c2cccnc2)ccn1. The quantitative estimate of drug-likeness (QED) is 0.720. The van der Waals surface area contributed by atoms with Crippen LogP contribution in [0.25, 0.3) is 11.1 Å². The lowest BCUT2D eigenvalue weighted by atomic mass is 10.1. The van der Waals surface area contributed by atoms with Crippen LogP contribution in [0.2, 0.25) is 0 Å². The van der Waals surface area contributed by atoms with Crippen molar-refractivity contribution in [1.29, 1.82) is 0 Å². The molecule has 0 aromatic carbocycles. The summed E-state index contributed by atoms with van der Waals surface area (Å²) in [7, 11) is 1.61. The van der Waals surface area contributed by atoms with E-state index < -0.39 is 0 Å². The first-order chi connectivity index (χ1) is 6.90. The Labute approximate surface area is 82.4 Å². The number of nitrogens with zero attached hydrogens (tertiary/aromatic N) is 2. The van der Waals surface area contributed by atoms with Gasteiger partial charge in [-0.2, -0.15) is 0 Å². The highest BCUT2D eigenvalue weighted by Crippen LogP contribution is 2.20. The van der Waals surface area contributed by atoms with Crippen LogP contribution in [-0.4, -0.2) is 17.1 Å². The van der Waals surface area contributed by atoms with E-state index in [2.05, 4.69) is 9.97 Å². The highest BCUT2D eigenvalue weighted by atomic mass is 16.5. The predicted octanol–water partition coefficient (Wildman–Crippen LogP) is 2.15. The minimum atomic E-state index is 0.617. The summed E-state index contributed by atoms with van der Waals surface area (Å²) in [6.07, 6.45) is 5.29. The second-order valence-electron chi connectivity index (χ2n) is 2.83. The molecule has 0 aliphatic rings. The zero-order valence-corrected chi connectivity index (χ0v) is 7.84. The fourth-order valence-electron chi connectivity index (χ4n) is 1.23. The molecule has 0 saturated heterocycles. The lowest BCUT2D eigenvalue weighted by molar-refractivity contribution is 0.398. The summed E-state index contributed by atoms with van der Waals surface area (Å²) in [5, 5.41) is 0. The molecule has 0 aliphatic heterocycles. The Hall–Kier alpha value is -1.90. The van der Waals surface area contributed by atoms with Crippen molar-refractivity contribution in [1.82, 2.24) is 9.97 Å². The fraction of sp³-hybridized carbons (Fsp3) is 0.0909. The summed E-state index contributed by atoms with van der Waals surface area (Å²) in [6.45, 7) is 0. The van der Waals surface area contributed by atoms with Gasteiger partial charge in [0.25, 0.3) is 0 Å². The Bertz CT molecular complexity index is 415. The molecule has 0 fully saturated rings. The first-order valence-electron chi connectivity index (χ1n) is 4.30. The van der Waals surface area contributed by atoms with Crippen molar-refractivity contribution in [2.24, 2.45) is 0 Å². The number of rotatable bonds is 2. The van der Waals surface area contributed by atoms with Crippen LogP contribution in [0.5, 0.6) is 5.88 Å². The first-order valence-corrected chi connectivity index (χ1v) is 4.30. The van der Waals surface area contributed by atoms with Gasteiger partial charge in [-0.3, -0.25) is 4.98 Å².